The average Bonchev–Trinajstić information content (AvgIpc) is 3.34. The van der Waals surface area contributed by atoms with Crippen LogP contribution in [0.2, 0.25) is 5.02 Å². The Morgan fingerprint density at radius 2 is 2.04 bits per heavy atom. The Hall–Kier alpha value is -3.16. The lowest BCUT2D eigenvalue weighted by Crippen LogP contribution is -2.13. The number of amides is 1. The Labute approximate surface area is 170 Å². The Kier molecular flexibility index (Phi) is 5.10. The predicted octanol–water partition coefficient (Wildman–Crippen LogP) is 5.24. The molecule has 4 aromatic rings. The lowest BCUT2D eigenvalue weighted by Gasteiger charge is -2.12. The van der Waals surface area contributed by atoms with Gasteiger partial charge in [-0.05, 0) is 30.3 Å². The quantitative estimate of drug-likeness (QED) is 0.488. The summed E-state index contributed by atoms with van der Waals surface area (Å²) < 4.78 is 7.57. The van der Waals surface area contributed by atoms with E-state index < -0.39 is 0 Å². The van der Waals surface area contributed by atoms with Gasteiger partial charge in [-0.15, -0.1) is 11.3 Å². The second kappa shape index (κ2) is 7.84. The van der Waals surface area contributed by atoms with E-state index in [1.165, 1.54) is 11.3 Å². The molecule has 2 aromatic carbocycles. The third kappa shape index (κ3) is 4.05. The molecule has 2 aromatic heterocycles. The second-order valence-corrected chi connectivity index (χ2v) is 7.24. The van der Waals surface area contributed by atoms with Crippen molar-refractivity contribution < 1.29 is 9.53 Å². The van der Waals surface area contributed by atoms with Crippen LogP contribution in [0.25, 0.3) is 10.6 Å². The van der Waals surface area contributed by atoms with Crippen molar-refractivity contribution in [3.05, 3.63) is 77.0 Å². The van der Waals surface area contributed by atoms with Crippen LogP contribution in [-0.4, -0.2) is 20.7 Å². The predicted molar refractivity (Wildman–Crippen MR) is 110 cm³/mol. The lowest BCUT2D eigenvalue weighted by molar-refractivity contribution is 0.102. The molecule has 0 fully saturated rings. The molecular weight excluding hydrogens is 396 g/mol. The van der Waals surface area contributed by atoms with Crippen LogP contribution in [0.4, 0.5) is 5.69 Å². The van der Waals surface area contributed by atoms with Crippen molar-refractivity contribution in [2.24, 2.45) is 7.05 Å². The summed E-state index contributed by atoms with van der Waals surface area (Å²) in [6, 6.07) is 14.4. The molecule has 0 atom stereocenters. The van der Waals surface area contributed by atoms with Gasteiger partial charge in [0.1, 0.15) is 16.5 Å². The van der Waals surface area contributed by atoms with Gasteiger partial charge in [-0.3, -0.25) is 9.48 Å². The summed E-state index contributed by atoms with van der Waals surface area (Å²) >= 11 is 7.49. The summed E-state index contributed by atoms with van der Waals surface area (Å²) in [5.41, 5.74) is 1.65. The molecule has 0 unspecified atom stereocenters. The molecular formula is C20H15ClN4O2S. The maximum absolute atomic E-state index is 12.7. The zero-order chi connectivity index (χ0) is 19.5. The highest BCUT2D eigenvalue weighted by molar-refractivity contribution is 7.13. The van der Waals surface area contributed by atoms with Crippen molar-refractivity contribution in [3.8, 4) is 22.1 Å². The lowest BCUT2D eigenvalue weighted by atomic mass is 10.2. The number of nitrogens with one attached hydrogen (secondary N) is 1. The van der Waals surface area contributed by atoms with Gasteiger partial charge in [0, 0.05) is 29.2 Å². The number of carbonyl (C=O) groups excluding carboxylic acids is 1. The first kappa shape index (κ1) is 18.2. The monoisotopic (exact) mass is 410 g/mol. The van der Waals surface area contributed by atoms with Crippen molar-refractivity contribution in [3.63, 3.8) is 0 Å². The van der Waals surface area contributed by atoms with Crippen molar-refractivity contribution in [2.75, 3.05) is 5.32 Å². The maximum atomic E-state index is 12.7. The zero-order valence-corrected chi connectivity index (χ0v) is 16.4. The molecule has 1 N–H and O–H groups in total. The number of rotatable bonds is 5. The Morgan fingerprint density at radius 3 is 2.79 bits per heavy atom. The number of halogens is 1. The van der Waals surface area contributed by atoms with Gasteiger partial charge in [0.15, 0.2) is 5.75 Å². The van der Waals surface area contributed by atoms with E-state index in [9.17, 15) is 4.79 Å². The third-order valence-electron chi connectivity index (χ3n) is 3.85. The fourth-order valence-electron chi connectivity index (χ4n) is 2.53. The van der Waals surface area contributed by atoms with Crippen molar-refractivity contribution in [2.45, 2.75) is 0 Å². The summed E-state index contributed by atoms with van der Waals surface area (Å²) in [5, 5.41) is 9.89. The summed E-state index contributed by atoms with van der Waals surface area (Å²) in [6.45, 7) is 0. The molecule has 0 bridgehead atoms. The van der Waals surface area contributed by atoms with E-state index in [0.717, 1.165) is 10.6 Å². The van der Waals surface area contributed by atoms with E-state index in [2.05, 4.69) is 15.4 Å². The van der Waals surface area contributed by atoms with Crippen LogP contribution in [0.15, 0.2) is 66.3 Å². The minimum atomic E-state index is -0.341. The highest BCUT2D eigenvalue weighted by atomic mass is 35.5. The van der Waals surface area contributed by atoms with E-state index in [1.807, 2.05) is 43.6 Å². The van der Waals surface area contributed by atoms with Crippen LogP contribution in [0.5, 0.6) is 11.5 Å². The summed E-state index contributed by atoms with van der Waals surface area (Å²) in [7, 11) is 1.83. The maximum Gasteiger partial charge on any atom is 0.275 e. The first-order valence-corrected chi connectivity index (χ1v) is 9.62. The number of thiazole rings is 1. The topological polar surface area (TPSA) is 69.0 Å². The normalized spacial score (nSPS) is 10.6. The van der Waals surface area contributed by atoms with Crippen LogP contribution < -0.4 is 10.1 Å². The molecule has 2 heterocycles. The van der Waals surface area contributed by atoms with E-state index >= 15 is 0 Å². The number of aromatic nitrogens is 3. The Bertz CT molecular complexity index is 1120. The van der Waals surface area contributed by atoms with Crippen molar-refractivity contribution >= 4 is 34.5 Å². The van der Waals surface area contributed by atoms with Crippen molar-refractivity contribution in [1.82, 2.24) is 14.8 Å². The molecule has 140 valence electrons. The van der Waals surface area contributed by atoms with Gasteiger partial charge in [-0.1, -0.05) is 29.8 Å². The highest BCUT2D eigenvalue weighted by Gasteiger charge is 2.16. The molecule has 4 rings (SSSR count). The smallest absolute Gasteiger partial charge is 0.275 e. The molecule has 1 amide bonds. The van der Waals surface area contributed by atoms with Crippen LogP contribution in [-0.2, 0) is 7.05 Å². The van der Waals surface area contributed by atoms with Gasteiger partial charge in [-0.25, -0.2) is 4.98 Å². The number of benzene rings is 2. The largest absolute Gasteiger partial charge is 0.455 e. The second-order valence-electron chi connectivity index (χ2n) is 5.95. The first-order valence-electron chi connectivity index (χ1n) is 8.37. The Morgan fingerprint density at radius 1 is 1.21 bits per heavy atom. The third-order valence-corrected chi connectivity index (χ3v) is 4.98. The van der Waals surface area contributed by atoms with Gasteiger partial charge in [0.2, 0.25) is 0 Å². The van der Waals surface area contributed by atoms with Crippen LogP contribution >= 0.6 is 22.9 Å². The van der Waals surface area contributed by atoms with E-state index in [-0.39, 0.29) is 5.91 Å². The number of hydrogen-bond acceptors (Lipinski definition) is 5. The molecule has 0 radical (unpaired) electrons. The number of ether oxygens (including phenoxy) is 1. The summed E-state index contributed by atoms with van der Waals surface area (Å²) in [4.78, 5) is 17.1. The van der Waals surface area contributed by atoms with E-state index in [4.69, 9.17) is 16.3 Å². The molecule has 0 saturated carbocycles. The molecule has 0 aliphatic rings. The molecule has 6 nitrogen and oxygen atoms in total. The van der Waals surface area contributed by atoms with Gasteiger partial charge < -0.3 is 10.1 Å². The molecule has 0 aliphatic heterocycles. The van der Waals surface area contributed by atoms with Crippen LogP contribution in [0, 0.1) is 0 Å². The fourth-order valence-corrected chi connectivity index (χ4v) is 3.48. The molecule has 0 aliphatic carbocycles. The number of carbonyl (C=O) groups is 1. The number of hydrogen-bond donors (Lipinski definition) is 1. The minimum Gasteiger partial charge on any atom is -0.455 e. The number of para-hydroxylation sites is 1. The van der Waals surface area contributed by atoms with Gasteiger partial charge in [0.05, 0.1) is 11.9 Å². The molecule has 8 heteroatoms. The summed E-state index contributed by atoms with van der Waals surface area (Å²) in [5.74, 6) is 0.811. The van der Waals surface area contributed by atoms with Gasteiger partial charge >= 0.3 is 0 Å². The fraction of sp³-hybridized carbons (Fsp3) is 0.0500. The van der Waals surface area contributed by atoms with Crippen LogP contribution in [0.1, 0.15) is 10.5 Å². The van der Waals surface area contributed by atoms with Crippen LogP contribution in [0.3, 0.4) is 0 Å². The number of nitrogens with zero attached hydrogens (tertiary/aromatic N) is 3. The minimum absolute atomic E-state index is 0.314. The van der Waals surface area contributed by atoms with Gasteiger partial charge in [-0.2, -0.15) is 5.10 Å². The van der Waals surface area contributed by atoms with Gasteiger partial charge in [0.25, 0.3) is 5.91 Å². The molecule has 28 heavy (non-hydrogen) atoms. The standard InChI is InChI=1S/C20H15ClN4O2S/c1-25-11-13(10-22-25)20-24-17(12-28-20)19(26)23-16-9-14(21)7-8-18(16)27-15-5-3-2-4-6-15/h2-12H,1H3,(H,23,26). The molecule has 0 saturated heterocycles. The highest BCUT2D eigenvalue weighted by Crippen LogP contribution is 2.32. The van der Waals surface area contributed by atoms with E-state index in [1.54, 1.807) is 34.5 Å². The SMILES string of the molecule is Cn1cc(-c2nc(C(=O)Nc3cc(Cl)ccc3Oc3ccccc3)cs2)cn1. The molecule has 0 spiro atoms. The average molecular weight is 411 g/mol. The number of aryl methyl sites for hydroxylation is 1. The van der Waals surface area contributed by atoms with Crippen molar-refractivity contribution in [1.29, 1.82) is 0 Å². The van der Waals surface area contributed by atoms with E-state index in [0.29, 0.717) is 27.9 Å². The Balaban J connectivity index is 1.56. The first-order chi connectivity index (χ1) is 13.6. The summed E-state index contributed by atoms with van der Waals surface area (Å²) in [6.07, 6.45) is 3.56. The zero-order valence-electron chi connectivity index (χ0n) is 14.8. The number of anilines is 1.